The van der Waals surface area contributed by atoms with Gasteiger partial charge in [0.05, 0.1) is 0 Å². The van der Waals surface area contributed by atoms with Crippen molar-refractivity contribution < 1.29 is 0 Å². The van der Waals surface area contributed by atoms with Gasteiger partial charge in [0, 0.05) is 20.8 Å². The van der Waals surface area contributed by atoms with E-state index in [1.54, 1.807) is 0 Å². The molecule has 0 atom stereocenters. The van der Waals surface area contributed by atoms with Crippen molar-refractivity contribution in [2.24, 2.45) is 4.13 Å². The molecule has 0 aliphatic heterocycles. The smallest absolute Gasteiger partial charge is 0.0458 e. The molecule has 0 rings (SSSR count). The van der Waals surface area contributed by atoms with Crippen LogP contribution >= 0.6 is 8.35 Å². The minimum atomic E-state index is 0.688. The van der Waals surface area contributed by atoms with Crippen LogP contribution in [-0.4, -0.2) is 6.30 Å². The maximum Gasteiger partial charge on any atom is 0.0458 e. The maximum absolute atomic E-state index is 4.10. The summed E-state index contributed by atoms with van der Waals surface area (Å²) in [6, 6.07) is 0. The van der Waals surface area contributed by atoms with Crippen molar-refractivity contribution in [2.45, 2.75) is 0 Å². The van der Waals surface area contributed by atoms with Crippen molar-refractivity contribution in [2.75, 3.05) is 0 Å². The van der Waals surface area contributed by atoms with E-state index in [0.29, 0.717) is 8.35 Å². The third kappa shape index (κ3) is 2.19. The highest BCUT2D eigenvalue weighted by Crippen LogP contribution is 1.83. The van der Waals surface area contributed by atoms with Crippen LogP contribution in [0, 0.1) is 0 Å². The van der Waals surface area contributed by atoms with Crippen LogP contribution in [0.2, 0.25) is 0 Å². The van der Waals surface area contributed by atoms with Crippen molar-refractivity contribution in [3.05, 3.63) is 0 Å². The van der Waals surface area contributed by atoms with E-state index in [9.17, 15) is 0 Å². The third-order valence-corrected chi connectivity index (χ3v) is 0.520. The summed E-state index contributed by atoms with van der Waals surface area (Å²) in [7, 11) is 0.688. The minimum absolute atomic E-state index is 0.688. The van der Waals surface area contributed by atoms with E-state index < -0.39 is 0 Å². The Bertz CT molecular complexity index is 29.0. The van der Waals surface area contributed by atoms with Gasteiger partial charge in [-0.1, -0.05) is 6.30 Å². The van der Waals surface area contributed by atoms with Gasteiger partial charge < -0.3 is 0 Å². The molecule has 0 aromatic carbocycles. The van der Waals surface area contributed by atoms with E-state index in [1.165, 1.54) is 0 Å². The SMILES string of the molecule is C=PN=S. The third-order valence-electron chi connectivity index (χ3n) is 0.0577. The molecule has 0 aliphatic carbocycles. The number of hydrogen-bond donors (Lipinski definition) is 0. The second kappa shape index (κ2) is 3.19. The molecule has 0 radical (unpaired) electrons. The first-order valence-electron chi connectivity index (χ1n) is 0.699. The fourth-order valence-electron chi connectivity index (χ4n) is 0. The highest BCUT2D eigenvalue weighted by Gasteiger charge is 1.32. The summed E-state index contributed by atoms with van der Waals surface area (Å²) in [6.45, 7) is 0. The lowest BCUT2D eigenvalue weighted by Crippen LogP contribution is -1.06. The summed E-state index contributed by atoms with van der Waals surface area (Å²) in [5, 5.41) is 0. The zero-order valence-corrected chi connectivity index (χ0v) is 3.72. The molecule has 0 aromatic rings. The Labute approximate surface area is 32.1 Å². The molecule has 0 bridgehead atoms. The quantitative estimate of drug-likeness (QED) is 0.439. The van der Waals surface area contributed by atoms with Crippen LogP contribution in [0.4, 0.5) is 0 Å². The van der Waals surface area contributed by atoms with Gasteiger partial charge in [0.2, 0.25) is 0 Å². The molecule has 1 nitrogen and oxygen atoms in total. The fourth-order valence-corrected chi connectivity index (χ4v) is 0. The van der Waals surface area contributed by atoms with Crippen LogP contribution in [0.25, 0.3) is 0 Å². The number of hydrogen-bond acceptors (Lipinski definition) is 2. The lowest BCUT2D eigenvalue weighted by molar-refractivity contribution is 2.12. The van der Waals surface area contributed by atoms with E-state index in [4.69, 9.17) is 0 Å². The van der Waals surface area contributed by atoms with Crippen molar-refractivity contribution in [3.8, 4) is 0 Å². The Morgan fingerprint density at radius 1 is 2.00 bits per heavy atom. The van der Waals surface area contributed by atoms with Gasteiger partial charge in [0.1, 0.15) is 0 Å². The van der Waals surface area contributed by atoms with Crippen LogP contribution in [0.1, 0.15) is 0 Å². The molecule has 0 fully saturated rings. The Morgan fingerprint density at radius 3 is 2.25 bits per heavy atom. The molecule has 0 saturated carbocycles. The maximum atomic E-state index is 4.10. The summed E-state index contributed by atoms with van der Waals surface area (Å²) in [4.78, 5) is 0. The van der Waals surface area contributed by atoms with Gasteiger partial charge in [-0.2, -0.15) is 4.13 Å². The Hall–Kier alpha value is 0.190. The summed E-state index contributed by atoms with van der Waals surface area (Å²) in [6.07, 6.45) is 3.31. The van der Waals surface area contributed by atoms with Gasteiger partial charge in [0.25, 0.3) is 0 Å². The lowest BCUT2D eigenvalue weighted by Gasteiger charge is -1.42. The van der Waals surface area contributed by atoms with Crippen molar-refractivity contribution in [1.29, 1.82) is 0 Å². The Morgan fingerprint density at radius 2 is 2.25 bits per heavy atom. The molecule has 0 amide bonds. The standard InChI is InChI=1S/CH2NPS/c1-3-2-4/h1H2. The molecule has 4 heavy (non-hydrogen) atoms. The first-order chi connectivity index (χ1) is 1.91. The van der Waals surface area contributed by atoms with Crippen LogP contribution in [-0.2, 0) is 12.4 Å². The van der Waals surface area contributed by atoms with Gasteiger partial charge in [-0.15, -0.1) is 0 Å². The normalized spacial score (nSPS) is 7.00. The highest BCUT2D eigenvalue weighted by molar-refractivity contribution is 7.55. The van der Waals surface area contributed by atoms with E-state index >= 15 is 0 Å². The van der Waals surface area contributed by atoms with E-state index in [2.05, 4.69) is 22.9 Å². The van der Waals surface area contributed by atoms with E-state index in [0.717, 1.165) is 0 Å². The second-order valence-electron chi connectivity index (χ2n) is 0.223. The van der Waals surface area contributed by atoms with E-state index in [1.807, 2.05) is 0 Å². The lowest BCUT2D eigenvalue weighted by atomic mass is 12.0. The summed E-state index contributed by atoms with van der Waals surface area (Å²) in [5.41, 5.74) is 0. The first kappa shape index (κ1) is 4.19. The molecule has 0 spiro atoms. The molecule has 0 aliphatic rings. The van der Waals surface area contributed by atoms with Crippen molar-refractivity contribution in [3.63, 3.8) is 0 Å². The number of nitrogens with zero attached hydrogens (tertiary/aromatic N) is 1. The average molecular weight is 91.1 g/mol. The number of rotatable bonds is 1. The predicted octanol–water partition coefficient (Wildman–Crippen LogP) is 1.01. The molecular weight excluding hydrogens is 89.1 g/mol. The average Bonchev–Trinajstić information content (AvgIpc) is 1.37. The predicted molar refractivity (Wildman–Crippen MR) is 23.8 cm³/mol. The fraction of sp³-hybridized carbons (Fsp3) is 0. The van der Waals surface area contributed by atoms with Gasteiger partial charge in [-0.3, -0.25) is 0 Å². The summed E-state index contributed by atoms with van der Waals surface area (Å²) < 4.78 is 3.18. The van der Waals surface area contributed by atoms with Gasteiger partial charge in [-0.25, -0.2) is 0 Å². The van der Waals surface area contributed by atoms with Crippen molar-refractivity contribution >= 4 is 27.1 Å². The minimum Gasteiger partial charge on any atom is -0.161 e. The van der Waals surface area contributed by atoms with Crippen molar-refractivity contribution in [1.82, 2.24) is 0 Å². The first-order valence-corrected chi connectivity index (χ1v) is 2.10. The molecule has 3 heteroatoms. The molecule has 0 aromatic heterocycles. The topological polar surface area (TPSA) is 12.4 Å². The van der Waals surface area contributed by atoms with Crippen LogP contribution in [0.3, 0.4) is 0 Å². The Balaban J connectivity index is 2.73. The summed E-state index contributed by atoms with van der Waals surface area (Å²) in [5.74, 6) is 0. The molecule has 0 saturated heterocycles. The molecule has 0 unspecified atom stereocenters. The van der Waals surface area contributed by atoms with Crippen LogP contribution in [0.5, 0.6) is 0 Å². The highest BCUT2D eigenvalue weighted by atomic mass is 32.1. The molecule has 22 valence electrons. The Kier molecular flexibility index (Phi) is 3.34. The molecule has 0 heterocycles. The monoisotopic (exact) mass is 91.0 g/mol. The van der Waals surface area contributed by atoms with Crippen LogP contribution < -0.4 is 0 Å². The zero-order valence-electron chi connectivity index (χ0n) is 2.01. The molecular formula is CH2NPS. The van der Waals surface area contributed by atoms with Gasteiger partial charge in [0.15, 0.2) is 0 Å². The van der Waals surface area contributed by atoms with Gasteiger partial charge in [-0.05, 0) is 0 Å². The van der Waals surface area contributed by atoms with Crippen LogP contribution in [0.15, 0.2) is 4.13 Å². The van der Waals surface area contributed by atoms with Gasteiger partial charge >= 0.3 is 0 Å². The second-order valence-corrected chi connectivity index (χ2v) is 1.16. The summed E-state index contributed by atoms with van der Waals surface area (Å²) >= 11 is 4.10. The largest absolute Gasteiger partial charge is 0.161 e. The molecule has 0 N–H and O–H groups in total. The van der Waals surface area contributed by atoms with E-state index in [-0.39, 0.29) is 0 Å². The zero-order chi connectivity index (χ0) is 3.41.